The highest BCUT2D eigenvalue weighted by Crippen LogP contribution is 2.48. The summed E-state index contributed by atoms with van der Waals surface area (Å²) in [6, 6.07) is 14.4. The van der Waals surface area contributed by atoms with Crippen molar-refractivity contribution in [2.24, 2.45) is 0 Å². The van der Waals surface area contributed by atoms with E-state index in [1.54, 1.807) is 12.1 Å². The summed E-state index contributed by atoms with van der Waals surface area (Å²) in [5, 5.41) is 26.1. The Morgan fingerprint density at radius 3 is 2.31 bits per heavy atom. The Bertz CT molecular complexity index is 2190. The number of hydrogen-bond acceptors (Lipinski definition) is 9. The molecule has 1 heterocycles. The van der Waals surface area contributed by atoms with Crippen LogP contribution in [0, 0.1) is 5.82 Å². The molecular formula is C35H33FN4O10S. The lowest BCUT2D eigenvalue weighted by Crippen LogP contribution is -2.44. The molecule has 0 bridgehead atoms. The molecule has 14 nitrogen and oxygen atoms in total. The summed E-state index contributed by atoms with van der Waals surface area (Å²) in [4.78, 5) is 61.7. The Hall–Kier alpha value is -6.03. The number of carbonyl (C=O) groups excluding carboxylic acids is 4. The third-order valence-electron chi connectivity index (χ3n) is 8.01. The number of benzene rings is 3. The van der Waals surface area contributed by atoms with Crippen molar-refractivity contribution in [2.75, 3.05) is 30.7 Å². The Morgan fingerprint density at radius 1 is 0.980 bits per heavy atom. The third-order valence-corrected chi connectivity index (χ3v) is 9.13. The molecular weight excluding hydrogens is 687 g/mol. The lowest BCUT2D eigenvalue weighted by molar-refractivity contribution is -0.135. The zero-order valence-electron chi connectivity index (χ0n) is 27.4. The molecule has 0 radical (unpaired) electrons. The molecule has 5 rings (SSSR count). The number of halogens is 1. The molecule has 4 aromatic rings. The van der Waals surface area contributed by atoms with Crippen LogP contribution < -0.4 is 20.3 Å². The number of sulfonamides is 1. The van der Waals surface area contributed by atoms with Crippen LogP contribution >= 0.6 is 0 Å². The maximum atomic E-state index is 13.7. The summed E-state index contributed by atoms with van der Waals surface area (Å²) >= 11 is 0. The summed E-state index contributed by atoms with van der Waals surface area (Å²) in [6.07, 6.45) is 2.99. The average Bonchev–Trinajstić information content (AvgIpc) is 3.88. The van der Waals surface area contributed by atoms with Crippen molar-refractivity contribution in [1.82, 2.24) is 16.0 Å². The van der Waals surface area contributed by atoms with Gasteiger partial charge in [0.05, 0.1) is 24.1 Å². The second-order valence-electron chi connectivity index (χ2n) is 11.8. The minimum Gasteiger partial charge on any atom is -0.502 e. The molecule has 1 saturated carbocycles. The van der Waals surface area contributed by atoms with Gasteiger partial charge in [0, 0.05) is 42.2 Å². The number of nitrogens with one attached hydrogen (secondary N) is 3. The first-order valence-corrected chi connectivity index (χ1v) is 17.4. The zero-order valence-corrected chi connectivity index (χ0v) is 28.2. The van der Waals surface area contributed by atoms with Gasteiger partial charge in [0.2, 0.25) is 27.6 Å². The Morgan fingerprint density at radius 2 is 1.69 bits per heavy atom. The molecule has 0 saturated heterocycles. The van der Waals surface area contributed by atoms with Gasteiger partial charge in [-0.3, -0.25) is 23.5 Å². The molecule has 5 N–H and O–H groups in total. The smallest absolute Gasteiger partial charge is 0.371 e. The number of rotatable bonds is 14. The quantitative estimate of drug-likeness (QED) is 0.0728. The number of carboxylic acid groups (broad SMARTS) is 1. The number of hydrogen-bond donors (Lipinski definition) is 5. The zero-order chi connectivity index (χ0) is 37.0. The normalized spacial score (nSPS) is 13.0. The number of furan rings is 1. The third kappa shape index (κ3) is 8.59. The molecule has 266 valence electrons. The molecule has 0 spiro atoms. The van der Waals surface area contributed by atoms with Crippen molar-refractivity contribution < 1.29 is 51.4 Å². The number of fused-ring (bicyclic) bond motifs is 1. The number of ketones is 1. The molecule has 51 heavy (non-hydrogen) atoms. The first-order chi connectivity index (χ1) is 24.2. The molecule has 0 unspecified atom stereocenters. The summed E-state index contributed by atoms with van der Waals surface area (Å²) < 4.78 is 46.9. The predicted molar refractivity (Wildman–Crippen MR) is 183 cm³/mol. The highest BCUT2D eigenvalue weighted by atomic mass is 32.2. The molecule has 3 amide bonds. The van der Waals surface area contributed by atoms with Crippen LogP contribution in [0.1, 0.15) is 50.6 Å². The number of nitrogens with zero attached hydrogens (tertiary/aromatic N) is 1. The van der Waals surface area contributed by atoms with E-state index in [1.807, 2.05) is 0 Å². The minimum absolute atomic E-state index is 0.0446. The van der Waals surface area contributed by atoms with Crippen LogP contribution in [0.15, 0.2) is 76.9 Å². The van der Waals surface area contributed by atoms with Crippen LogP contribution in [0.3, 0.4) is 0 Å². The van der Waals surface area contributed by atoms with E-state index in [0.717, 1.165) is 23.4 Å². The highest BCUT2D eigenvalue weighted by Gasteiger charge is 2.34. The fourth-order valence-electron chi connectivity index (χ4n) is 5.35. The highest BCUT2D eigenvalue weighted by molar-refractivity contribution is 7.92. The minimum atomic E-state index is -4.07. The van der Waals surface area contributed by atoms with E-state index in [1.165, 1.54) is 55.6 Å². The fourth-order valence-corrected chi connectivity index (χ4v) is 6.22. The van der Waals surface area contributed by atoms with Crippen LogP contribution in [0.2, 0.25) is 0 Å². The van der Waals surface area contributed by atoms with Crippen LogP contribution in [0.25, 0.3) is 22.3 Å². The Labute approximate surface area is 291 Å². The van der Waals surface area contributed by atoms with Gasteiger partial charge in [-0.25, -0.2) is 17.6 Å². The second kappa shape index (κ2) is 14.8. The molecule has 1 aromatic heterocycles. The maximum absolute atomic E-state index is 13.7. The van der Waals surface area contributed by atoms with E-state index in [4.69, 9.17) is 9.52 Å². The molecule has 1 fully saturated rings. The van der Waals surface area contributed by atoms with Gasteiger partial charge in [-0.15, -0.1) is 0 Å². The van der Waals surface area contributed by atoms with Crippen molar-refractivity contribution in [3.05, 3.63) is 101 Å². The average molecular weight is 721 g/mol. The van der Waals surface area contributed by atoms with Crippen molar-refractivity contribution in [1.29, 1.82) is 0 Å². The van der Waals surface area contributed by atoms with Gasteiger partial charge in [0.1, 0.15) is 23.7 Å². The summed E-state index contributed by atoms with van der Waals surface area (Å²) in [5.41, 5.74) is 2.08. The van der Waals surface area contributed by atoms with Gasteiger partial charge < -0.3 is 30.6 Å². The number of aliphatic carboxylic acids is 1. The topological polar surface area (TPSA) is 212 Å². The first-order valence-electron chi connectivity index (χ1n) is 15.5. The van der Waals surface area contributed by atoms with Gasteiger partial charge in [0.25, 0.3) is 5.91 Å². The standard InChI is InChI=1S/C35H33FN4O10S/c1-37-34(45)32-25-13-24(20-6-7-20)26(14-29(25)50-33(32)21-8-10-23(36)11-9-21)40(51(2,48)49)18-31(44)39-17-30(43)38-16-19-4-3-5-22(12-19)27(41)15-28(42)35(46)47/h3-5,8-15,20,42H,6-7,16-18H2,1-2H3,(H,37,45)(H,38,43)(H,39,44)(H,46,47). The monoisotopic (exact) mass is 720 g/mol. The summed E-state index contributed by atoms with van der Waals surface area (Å²) in [7, 11) is -2.62. The van der Waals surface area contributed by atoms with Crippen LogP contribution in [-0.4, -0.2) is 74.5 Å². The molecule has 3 aromatic carbocycles. The Balaban J connectivity index is 1.33. The van der Waals surface area contributed by atoms with Crippen LogP contribution in [0.5, 0.6) is 0 Å². The number of carboxylic acids is 1. The van der Waals surface area contributed by atoms with Gasteiger partial charge >= 0.3 is 5.97 Å². The SMILES string of the molecule is CNC(=O)c1c(-c2ccc(F)cc2)oc2cc(N(CC(=O)NCC(=O)NCc3cccc(C(=O)C=C(O)C(=O)O)c3)S(C)(=O)=O)c(C3CC3)cc12. The summed E-state index contributed by atoms with van der Waals surface area (Å²) in [5.74, 6) is -5.79. The van der Waals surface area contributed by atoms with Crippen LogP contribution in [0.4, 0.5) is 10.1 Å². The van der Waals surface area contributed by atoms with Crippen molar-refractivity contribution in [3.8, 4) is 11.3 Å². The number of anilines is 1. The van der Waals surface area contributed by atoms with Gasteiger partial charge in [-0.1, -0.05) is 18.2 Å². The van der Waals surface area contributed by atoms with Crippen LogP contribution in [-0.2, 0) is 31.0 Å². The molecule has 16 heteroatoms. The van der Waals surface area contributed by atoms with E-state index < -0.39 is 64.2 Å². The Kier molecular flexibility index (Phi) is 10.5. The first kappa shape index (κ1) is 36.3. The lowest BCUT2D eigenvalue weighted by atomic mass is 10.0. The molecule has 1 aliphatic rings. The lowest BCUT2D eigenvalue weighted by Gasteiger charge is -2.24. The van der Waals surface area contributed by atoms with E-state index in [2.05, 4.69) is 16.0 Å². The fraction of sp³-hybridized carbons (Fsp3) is 0.229. The van der Waals surface area contributed by atoms with E-state index >= 15 is 0 Å². The van der Waals surface area contributed by atoms with Crippen molar-refractivity contribution >= 4 is 56.2 Å². The summed E-state index contributed by atoms with van der Waals surface area (Å²) in [6.45, 7) is -1.24. The molecule has 0 aliphatic heterocycles. The van der Waals surface area contributed by atoms with E-state index in [0.29, 0.717) is 28.2 Å². The number of aliphatic hydroxyl groups is 1. The van der Waals surface area contributed by atoms with Gasteiger partial charge in [0.15, 0.2) is 5.78 Å². The number of aliphatic hydroxyl groups excluding tert-OH is 1. The largest absolute Gasteiger partial charge is 0.502 e. The van der Waals surface area contributed by atoms with E-state index in [-0.39, 0.29) is 40.6 Å². The van der Waals surface area contributed by atoms with Crippen molar-refractivity contribution in [2.45, 2.75) is 25.3 Å². The second-order valence-corrected chi connectivity index (χ2v) is 13.7. The number of amides is 3. The molecule has 0 atom stereocenters. The van der Waals surface area contributed by atoms with Gasteiger partial charge in [-0.2, -0.15) is 0 Å². The number of allylic oxidation sites excluding steroid dienone is 1. The maximum Gasteiger partial charge on any atom is 0.371 e. The number of carbonyl (C=O) groups is 5. The predicted octanol–water partition coefficient (Wildman–Crippen LogP) is 3.38. The van der Waals surface area contributed by atoms with E-state index in [9.17, 15) is 41.9 Å². The van der Waals surface area contributed by atoms with Gasteiger partial charge in [-0.05, 0) is 66.3 Å². The van der Waals surface area contributed by atoms with Crippen molar-refractivity contribution in [3.63, 3.8) is 0 Å². The molecule has 1 aliphatic carbocycles.